The van der Waals surface area contributed by atoms with Crippen LogP contribution in [0, 0.1) is 0 Å². The average Bonchev–Trinajstić information content (AvgIpc) is 2.32. The van der Waals surface area contributed by atoms with Crippen molar-refractivity contribution in [2.24, 2.45) is 5.73 Å². The van der Waals surface area contributed by atoms with Gasteiger partial charge in [-0.15, -0.1) is 0 Å². The molecule has 0 aliphatic rings. The molecule has 1 amide bonds. The Kier molecular flexibility index (Phi) is 4.75. The second-order valence-corrected chi connectivity index (χ2v) is 4.10. The zero-order valence-corrected chi connectivity index (χ0v) is 10.7. The maximum Gasteiger partial charge on any atom is 0.416 e. The highest BCUT2D eigenvalue weighted by Crippen LogP contribution is 2.43. The van der Waals surface area contributed by atoms with Gasteiger partial charge >= 0.3 is 18.4 Å². The number of rotatable bonds is 3. The van der Waals surface area contributed by atoms with Gasteiger partial charge in [-0.05, 0) is 18.6 Å². The number of hydrogen-bond acceptors (Lipinski definition) is 2. The average molecular weight is 315 g/mol. The lowest BCUT2D eigenvalue weighted by atomic mass is 9.94. The molecule has 0 bridgehead atoms. The van der Waals surface area contributed by atoms with Crippen molar-refractivity contribution >= 4 is 6.09 Å². The van der Waals surface area contributed by atoms with Crippen LogP contribution in [0.2, 0.25) is 0 Å². The second-order valence-electron chi connectivity index (χ2n) is 4.10. The van der Waals surface area contributed by atoms with Crippen molar-refractivity contribution in [1.82, 2.24) is 0 Å². The number of halogens is 6. The molecule has 1 atom stereocenters. The van der Waals surface area contributed by atoms with Crippen molar-refractivity contribution in [2.75, 3.05) is 0 Å². The number of benzene rings is 1. The van der Waals surface area contributed by atoms with E-state index < -0.39 is 41.2 Å². The SMILES string of the molecule is CCC(OC(N)=O)c1c(C(F)(F)F)cccc1C(F)(F)F. The summed E-state index contributed by atoms with van der Waals surface area (Å²) in [5, 5.41) is 0. The Morgan fingerprint density at radius 3 is 1.86 bits per heavy atom. The topological polar surface area (TPSA) is 52.3 Å². The van der Waals surface area contributed by atoms with Gasteiger partial charge in [0.15, 0.2) is 0 Å². The van der Waals surface area contributed by atoms with Gasteiger partial charge in [-0.2, -0.15) is 26.3 Å². The Hall–Kier alpha value is -1.93. The van der Waals surface area contributed by atoms with E-state index in [2.05, 4.69) is 4.74 Å². The van der Waals surface area contributed by atoms with Crippen molar-refractivity contribution in [3.8, 4) is 0 Å². The van der Waals surface area contributed by atoms with Crippen LogP contribution >= 0.6 is 0 Å². The predicted octanol–water partition coefficient (Wildman–Crippen LogP) is 4.27. The summed E-state index contributed by atoms with van der Waals surface area (Å²) in [6.07, 6.45) is -13.5. The third-order valence-electron chi connectivity index (χ3n) is 2.67. The molecule has 1 unspecified atom stereocenters. The van der Waals surface area contributed by atoms with Gasteiger partial charge < -0.3 is 10.5 Å². The molecular weight excluding hydrogens is 304 g/mol. The largest absolute Gasteiger partial charge is 0.441 e. The van der Waals surface area contributed by atoms with E-state index in [1.807, 2.05) is 0 Å². The van der Waals surface area contributed by atoms with Gasteiger partial charge in [-0.25, -0.2) is 4.79 Å². The predicted molar refractivity (Wildman–Crippen MR) is 60.1 cm³/mol. The Morgan fingerprint density at radius 2 is 1.57 bits per heavy atom. The molecule has 9 heteroatoms. The third kappa shape index (κ3) is 4.02. The van der Waals surface area contributed by atoms with Crippen LogP contribution < -0.4 is 5.73 Å². The molecule has 1 aromatic carbocycles. The fraction of sp³-hybridized carbons (Fsp3) is 0.417. The summed E-state index contributed by atoms with van der Waals surface area (Å²) in [6.45, 7) is 1.28. The van der Waals surface area contributed by atoms with Gasteiger partial charge in [-0.3, -0.25) is 0 Å². The Morgan fingerprint density at radius 1 is 1.14 bits per heavy atom. The van der Waals surface area contributed by atoms with E-state index in [0.717, 1.165) is 0 Å². The van der Waals surface area contributed by atoms with E-state index in [-0.39, 0.29) is 6.42 Å². The van der Waals surface area contributed by atoms with E-state index in [1.54, 1.807) is 0 Å². The zero-order chi connectivity index (χ0) is 16.4. The molecule has 21 heavy (non-hydrogen) atoms. The van der Waals surface area contributed by atoms with Crippen molar-refractivity contribution in [2.45, 2.75) is 31.8 Å². The summed E-state index contributed by atoms with van der Waals surface area (Å²) in [7, 11) is 0. The number of carbonyl (C=O) groups excluding carboxylic acids is 1. The van der Waals surface area contributed by atoms with Crippen molar-refractivity contribution in [1.29, 1.82) is 0 Å². The highest BCUT2D eigenvalue weighted by molar-refractivity contribution is 5.65. The van der Waals surface area contributed by atoms with Gasteiger partial charge in [0.05, 0.1) is 11.1 Å². The molecule has 0 aromatic heterocycles. The summed E-state index contributed by atoms with van der Waals surface area (Å²) in [5.74, 6) is 0. The first-order valence-corrected chi connectivity index (χ1v) is 5.71. The second kappa shape index (κ2) is 5.82. The summed E-state index contributed by atoms with van der Waals surface area (Å²) in [4.78, 5) is 10.7. The lowest BCUT2D eigenvalue weighted by Crippen LogP contribution is -2.23. The highest BCUT2D eigenvalue weighted by Gasteiger charge is 2.43. The maximum atomic E-state index is 12.9. The van der Waals surface area contributed by atoms with Crippen LogP contribution in [0.1, 0.15) is 36.1 Å². The van der Waals surface area contributed by atoms with Crippen LogP contribution in [0.15, 0.2) is 18.2 Å². The van der Waals surface area contributed by atoms with Crippen LogP contribution in [0.3, 0.4) is 0 Å². The van der Waals surface area contributed by atoms with Crippen LogP contribution in [0.5, 0.6) is 0 Å². The van der Waals surface area contributed by atoms with Crippen molar-refractivity contribution in [3.05, 3.63) is 34.9 Å². The Labute approximate surface area is 115 Å². The number of ether oxygens (including phenoxy) is 1. The lowest BCUT2D eigenvalue weighted by Gasteiger charge is -2.24. The van der Waals surface area contributed by atoms with Gasteiger partial charge in [-0.1, -0.05) is 13.0 Å². The molecule has 0 saturated heterocycles. The fourth-order valence-electron chi connectivity index (χ4n) is 1.89. The van der Waals surface area contributed by atoms with Crippen molar-refractivity contribution < 1.29 is 35.9 Å². The first-order chi connectivity index (χ1) is 9.48. The number of carbonyl (C=O) groups is 1. The van der Waals surface area contributed by atoms with Gasteiger partial charge in [0.1, 0.15) is 6.10 Å². The molecule has 1 aromatic rings. The summed E-state index contributed by atoms with van der Waals surface area (Å²) in [6, 6.07) is 1.64. The number of primary amides is 1. The molecule has 118 valence electrons. The molecule has 0 aliphatic carbocycles. The minimum absolute atomic E-state index is 0.293. The molecule has 0 heterocycles. The molecule has 0 aliphatic heterocycles. The highest BCUT2D eigenvalue weighted by atomic mass is 19.4. The van der Waals surface area contributed by atoms with E-state index in [4.69, 9.17) is 5.73 Å². The van der Waals surface area contributed by atoms with Crippen LogP contribution in [-0.4, -0.2) is 6.09 Å². The van der Waals surface area contributed by atoms with Crippen LogP contribution in [0.4, 0.5) is 31.1 Å². The molecule has 1 rings (SSSR count). The first-order valence-electron chi connectivity index (χ1n) is 5.71. The normalized spacial score (nSPS) is 13.9. The molecular formula is C12H11F6NO2. The maximum absolute atomic E-state index is 12.9. The molecule has 0 radical (unpaired) electrons. The van der Waals surface area contributed by atoms with E-state index in [1.165, 1.54) is 6.92 Å². The summed E-state index contributed by atoms with van der Waals surface area (Å²) < 4.78 is 81.9. The van der Waals surface area contributed by atoms with Gasteiger partial charge in [0.2, 0.25) is 0 Å². The third-order valence-corrected chi connectivity index (χ3v) is 2.67. The fourth-order valence-corrected chi connectivity index (χ4v) is 1.89. The van der Waals surface area contributed by atoms with Gasteiger partial charge in [0, 0.05) is 5.56 Å². The standard InChI is InChI=1S/C12H11F6NO2/c1-2-8(21-10(19)20)9-6(11(13,14)15)4-3-5-7(9)12(16,17)18/h3-5,8H,2H2,1H3,(H2,19,20). The van der Waals surface area contributed by atoms with Crippen LogP contribution in [0.25, 0.3) is 0 Å². The molecule has 0 saturated carbocycles. The summed E-state index contributed by atoms with van der Waals surface area (Å²) in [5.41, 5.74) is 0.543. The molecule has 2 N–H and O–H groups in total. The summed E-state index contributed by atoms with van der Waals surface area (Å²) >= 11 is 0. The zero-order valence-electron chi connectivity index (χ0n) is 10.7. The molecule has 0 spiro atoms. The smallest absolute Gasteiger partial charge is 0.416 e. The monoisotopic (exact) mass is 315 g/mol. The van der Waals surface area contributed by atoms with Crippen LogP contribution in [-0.2, 0) is 17.1 Å². The number of amides is 1. The minimum Gasteiger partial charge on any atom is -0.441 e. The molecule has 0 fully saturated rings. The minimum atomic E-state index is -5.02. The Bertz CT molecular complexity index is 491. The number of nitrogens with two attached hydrogens (primary N) is 1. The van der Waals surface area contributed by atoms with E-state index in [9.17, 15) is 31.1 Å². The number of alkyl halides is 6. The Balaban J connectivity index is 3.59. The van der Waals surface area contributed by atoms with Crippen molar-refractivity contribution in [3.63, 3.8) is 0 Å². The van der Waals surface area contributed by atoms with E-state index in [0.29, 0.717) is 18.2 Å². The lowest BCUT2D eigenvalue weighted by molar-refractivity contribution is -0.146. The number of hydrogen-bond donors (Lipinski definition) is 1. The van der Waals surface area contributed by atoms with Gasteiger partial charge in [0.25, 0.3) is 0 Å². The first kappa shape index (κ1) is 17.1. The van der Waals surface area contributed by atoms with E-state index >= 15 is 0 Å². The molecule has 3 nitrogen and oxygen atoms in total. The quantitative estimate of drug-likeness (QED) is 0.847.